The summed E-state index contributed by atoms with van der Waals surface area (Å²) in [7, 11) is 0. The molecule has 3 aliphatic rings. The van der Waals surface area contributed by atoms with Crippen molar-refractivity contribution in [1.82, 2.24) is 10.6 Å². The summed E-state index contributed by atoms with van der Waals surface area (Å²) in [5.41, 5.74) is -0.267. The molecule has 2 aliphatic heterocycles. The molecule has 2 aromatic carbocycles. The first-order chi connectivity index (χ1) is 17.2. The monoisotopic (exact) mass is 549 g/mol. The number of hydrogen-bond acceptors (Lipinski definition) is 5. The highest BCUT2D eigenvalue weighted by atomic mass is 35.5. The van der Waals surface area contributed by atoms with Gasteiger partial charge in [0.25, 0.3) is 0 Å². The number of carbonyl (C=O) groups is 2. The van der Waals surface area contributed by atoms with Crippen LogP contribution in [0.1, 0.15) is 57.1 Å². The Labute approximate surface area is 224 Å². The van der Waals surface area contributed by atoms with Gasteiger partial charge in [-0.15, -0.1) is 0 Å². The summed E-state index contributed by atoms with van der Waals surface area (Å²) in [6.07, 6.45) is 0.477. The van der Waals surface area contributed by atoms with Crippen molar-refractivity contribution in [2.24, 2.45) is 5.41 Å². The van der Waals surface area contributed by atoms with E-state index in [0.29, 0.717) is 22.7 Å². The number of anilines is 1. The van der Waals surface area contributed by atoms with Crippen LogP contribution in [-0.2, 0) is 15.0 Å². The maximum atomic E-state index is 15.7. The fourth-order valence-corrected chi connectivity index (χ4v) is 6.63. The Bertz CT molecular complexity index is 1270. The lowest BCUT2D eigenvalue weighted by Crippen LogP contribution is -2.58. The highest BCUT2D eigenvalue weighted by molar-refractivity contribution is 6.31. The summed E-state index contributed by atoms with van der Waals surface area (Å²) in [6.45, 7) is 6.12. The van der Waals surface area contributed by atoms with E-state index in [-0.39, 0.29) is 34.7 Å². The predicted octanol–water partition coefficient (Wildman–Crippen LogP) is 3.84. The Morgan fingerprint density at radius 1 is 1.19 bits per heavy atom. The van der Waals surface area contributed by atoms with Gasteiger partial charge in [0, 0.05) is 41.6 Å². The molecular formula is C27H30Cl2FN3O4. The van der Waals surface area contributed by atoms with Crippen molar-refractivity contribution in [3.05, 3.63) is 63.4 Å². The number of carbonyl (C=O) groups excluding carboxylic acids is 2. The zero-order chi connectivity index (χ0) is 26.9. The summed E-state index contributed by atoms with van der Waals surface area (Å²) in [6, 6.07) is 7.72. The number of nitrogens with one attached hydrogen (secondary N) is 3. The Hall–Kier alpha value is -2.23. The third kappa shape index (κ3) is 4.42. The smallest absolute Gasteiger partial charge is 0.238 e. The number of hydrogen-bond donors (Lipinski definition) is 5. The molecule has 7 nitrogen and oxygen atoms in total. The fraction of sp³-hybridized carbons (Fsp3) is 0.481. The average molecular weight is 550 g/mol. The van der Waals surface area contributed by atoms with Crippen LogP contribution in [0.25, 0.3) is 0 Å². The largest absolute Gasteiger partial charge is 0.365 e. The van der Waals surface area contributed by atoms with E-state index in [9.17, 15) is 19.8 Å². The number of rotatable bonds is 4. The van der Waals surface area contributed by atoms with Crippen molar-refractivity contribution < 1.29 is 24.2 Å². The minimum absolute atomic E-state index is 0.0139. The molecule has 2 amide bonds. The van der Waals surface area contributed by atoms with E-state index >= 15 is 4.39 Å². The lowest BCUT2D eigenvalue weighted by Gasteiger charge is -2.40. The van der Waals surface area contributed by atoms with Gasteiger partial charge in [0.2, 0.25) is 11.8 Å². The van der Waals surface area contributed by atoms with Gasteiger partial charge in [-0.25, -0.2) is 4.39 Å². The van der Waals surface area contributed by atoms with Crippen LogP contribution in [0.3, 0.4) is 0 Å². The number of fused-ring (bicyclic) bond motifs is 2. The van der Waals surface area contributed by atoms with Crippen molar-refractivity contribution in [1.29, 1.82) is 0 Å². The third-order valence-corrected chi connectivity index (χ3v) is 8.24. The van der Waals surface area contributed by atoms with Crippen LogP contribution in [-0.4, -0.2) is 45.9 Å². The molecule has 198 valence electrons. The van der Waals surface area contributed by atoms with Crippen molar-refractivity contribution in [2.45, 2.75) is 75.3 Å². The van der Waals surface area contributed by atoms with Crippen molar-refractivity contribution in [3.8, 4) is 0 Å². The summed E-state index contributed by atoms with van der Waals surface area (Å²) in [5, 5.41) is 29.0. The highest BCUT2D eigenvalue weighted by Gasteiger charge is 2.66. The summed E-state index contributed by atoms with van der Waals surface area (Å²) in [5.74, 6) is -4.25. The molecule has 2 aromatic rings. The molecule has 1 saturated heterocycles. The van der Waals surface area contributed by atoms with Gasteiger partial charge < -0.3 is 26.2 Å². The van der Waals surface area contributed by atoms with Gasteiger partial charge in [-0.05, 0) is 41.2 Å². The Balaban J connectivity index is 1.69. The van der Waals surface area contributed by atoms with Gasteiger partial charge in [0.05, 0.1) is 11.1 Å². The topological polar surface area (TPSA) is 111 Å². The summed E-state index contributed by atoms with van der Waals surface area (Å²) in [4.78, 5) is 27.8. The van der Waals surface area contributed by atoms with Crippen LogP contribution in [0.5, 0.6) is 0 Å². The van der Waals surface area contributed by atoms with E-state index < -0.39 is 47.0 Å². The third-order valence-electron chi connectivity index (χ3n) is 7.71. The van der Waals surface area contributed by atoms with E-state index in [0.717, 1.165) is 0 Å². The second-order valence-corrected chi connectivity index (χ2v) is 12.5. The van der Waals surface area contributed by atoms with E-state index in [2.05, 4.69) is 16.0 Å². The van der Waals surface area contributed by atoms with Crippen molar-refractivity contribution in [3.63, 3.8) is 0 Å². The van der Waals surface area contributed by atoms with Crippen LogP contribution in [0.4, 0.5) is 10.1 Å². The first kappa shape index (κ1) is 26.4. The lowest BCUT2D eigenvalue weighted by atomic mass is 9.62. The molecule has 0 bridgehead atoms. The van der Waals surface area contributed by atoms with E-state index in [4.69, 9.17) is 23.2 Å². The predicted molar refractivity (Wildman–Crippen MR) is 139 cm³/mol. The van der Waals surface area contributed by atoms with Gasteiger partial charge in [-0.3, -0.25) is 9.59 Å². The second-order valence-electron chi connectivity index (χ2n) is 11.7. The molecule has 4 atom stereocenters. The molecule has 0 radical (unpaired) electrons. The van der Waals surface area contributed by atoms with Crippen LogP contribution in [0, 0.1) is 11.2 Å². The quantitative estimate of drug-likeness (QED) is 0.372. The molecular weight excluding hydrogens is 520 g/mol. The molecule has 37 heavy (non-hydrogen) atoms. The summed E-state index contributed by atoms with van der Waals surface area (Å²) < 4.78 is 15.7. The van der Waals surface area contributed by atoms with Crippen LogP contribution in [0.2, 0.25) is 10.0 Å². The molecule has 1 spiro atoms. The SMILES string of the molecule is CC(C)(C)C[C@H]1N[C@@H](C(=O)NC2CC(O)(O)C2)[C@H](c2cccc(Cl)c2F)[C@@]12C(=O)Nc1cc(Cl)ccc12. The van der Waals surface area contributed by atoms with Gasteiger partial charge in [0.1, 0.15) is 11.2 Å². The molecule has 5 N–H and O–H groups in total. The maximum Gasteiger partial charge on any atom is 0.238 e. The molecule has 5 rings (SSSR count). The highest BCUT2D eigenvalue weighted by Crippen LogP contribution is 2.57. The first-order valence-electron chi connectivity index (χ1n) is 12.3. The van der Waals surface area contributed by atoms with Gasteiger partial charge in [0.15, 0.2) is 5.79 Å². The zero-order valence-corrected chi connectivity index (χ0v) is 22.3. The van der Waals surface area contributed by atoms with Gasteiger partial charge in [-0.2, -0.15) is 0 Å². The molecule has 2 heterocycles. The molecule has 1 saturated carbocycles. The normalized spacial score (nSPS) is 28.6. The van der Waals surface area contributed by atoms with Crippen molar-refractivity contribution in [2.75, 3.05) is 5.32 Å². The van der Waals surface area contributed by atoms with E-state index in [1.165, 1.54) is 6.07 Å². The summed E-state index contributed by atoms with van der Waals surface area (Å²) >= 11 is 12.4. The minimum Gasteiger partial charge on any atom is -0.365 e. The molecule has 10 heteroatoms. The molecule has 0 aromatic heterocycles. The van der Waals surface area contributed by atoms with E-state index in [1.807, 2.05) is 20.8 Å². The van der Waals surface area contributed by atoms with Crippen LogP contribution >= 0.6 is 23.2 Å². The molecule has 1 aliphatic carbocycles. The second kappa shape index (κ2) is 8.92. The van der Waals surface area contributed by atoms with E-state index in [1.54, 1.807) is 30.3 Å². The molecule has 0 unspecified atom stereocenters. The molecule has 2 fully saturated rings. The lowest BCUT2D eigenvalue weighted by molar-refractivity contribution is -0.222. The van der Waals surface area contributed by atoms with Gasteiger partial charge in [-0.1, -0.05) is 62.2 Å². The number of halogens is 3. The zero-order valence-electron chi connectivity index (χ0n) is 20.7. The standard InChI is InChI=1S/C27H30Cl2FN3O4/c1-25(2,3)12-19-27(16-8-7-13(28)9-18(16)32-24(27)35)20(15-5-4-6-17(29)21(15)30)22(33-19)23(34)31-14-10-26(36,37)11-14/h4-9,14,19-20,22,33,36-37H,10-12H2,1-3H3,(H,31,34)(H,32,35)/t19-,20+,22-,27+/m1/s1. The number of aliphatic hydroxyl groups is 2. The van der Waals surface area contributed by atoms with Crippen LogP contribution < -0.4 is 16.0 Å². The van der Waals surface area contributed by atoms with Crippen molar-refractivity contribution >= 4 is 40.7 Å². The Morgan fingerprint density at radius 3 is 2.54 bits per heavy atom. The number of amides is 2. The van der Waals surface area contributed by atoms with Gasteiger partial charge >= 0.3 is 0 Å². The average Bonchev–Trinajstić information content (AvgIpc) is 3.23. The Morgan fingerprint density at radius 2 is 1.89 bits per heavy atom. The minimum atomic E-state index is -1.82. The Kier molecular flexibility index (Phi) is 6.36. The maximum absolute atomic E-state index is 15.7. The van der Waals surface area contributed by atoms with Crippen LogP contribution in [0.15, 0.2) is 36.4 Å². The first-order valence-corrected chi connectivity index (χ1v) is 13.0. The number of benzene rings is 2. The fourth-order valence-electron chi connectivity index (χ4n) is 6.27.